The molecule has 0 aliphatic carbocycles. The molecule has 3 aromatic rings. The van der Waals surface area contributed by atoms with Crippen molar-refractivity contribution in [3.05, 3.63) is 70.5 Å². The first-order valence-corrected chi connectivity index (χ1v) is 8.95. The molecular formula is C19H15ClF3N5O2. The van der Waals surface area contributed by atoms with Crippen molar-refractivity contribution in [1.82, 2.24) is 15.0 Å². The van der Waals surface area contributed by atoms with Crippen molar-refractivity contribution < 1.29 is 22.8 Å². The van der Waals surface area contributed by atoms with Gasteiger partial charge in [0.2, 0.25) is 5.91 Å². The quantitative estimate of drug-likeness (QED) is 0.627. The van der Waals surface area contributed by atoms with Crippen LogP contribution in [0.25, 0.3) is 0 Å². The van der Waals surface area contributed by atoms with E-state index in [1.165, 1.54) is 23.7 Å². The molecule has 2 aromatic carbocycles. The van der Waals surface area contributed by atoms with Crippen LogP contribution in [0.4, 0.5) is 24.5 Å². The fourth-order valence-corrected chi connectivity index (χ4v) is 2.68. The zero-order chi connectivity index (χ0) is 21.9. The topological polar surface area (TPSA) is 88.9 Å². The Hall–Kier alpha value is -3.40. The summed E-state index contributed by atoms with van der Waals surface area (Å²) in [7, 11) is 0. The Morgan fingerprint density at radius 3 is 2.43 bits per heavy atom. The van der Waals surface area contributed by atoms with Gasteiger partial charge in [-0.15, -0.1) is 5.10 Å². The molecule has 0 fully saturated rings. The number of carbonyl (C=O) groups excluding carboxylic acids is 2. The second kappa shape index (κ2) is 8.54. The number of amides is 2. The predicted molar refractivity (Wildman–Crippen MR) is 104 cm³/mol. The average molecular weight is 438 g/mol. The van der Waals surface area contributed by atoms with Crippen LogP contribution in [0.3, 0.4) is 0 Å². The van der Waals surface area contributed by atoms with E-state index in [4.69, 9.17) is 11.6 Å². The maximum atomic E-state index is 12.8. The number of anilines is 2. The van der Waals surface area contributed by atoms with Crippen LogP contribution in [-0.4, -0.2) is 26.8 Å². The Morgan fingerprint density at radius 2 is 1.77 bits per heavy atom. The number of halogens is 4. The Labute approximate surface area is 173 Å². The summed E-state index contributed by atoms with van der Waals surface area (Å²) in [6.07, 6.45) is -4.53. The first-order valence-electron chi connectivity index (χ1n) is 8.57. The van der Waals surface area contributed by atoms with Crippen molar-refractivity contribution >= 4 is 34.8 Å². The van der Waals surface area contributed by atoms with Crippen molar-refractivity contribution in [2.75, 3.05) is 10.6 Å². The van der Waals surface area contributed by atoms with E-state index in [1.54, 1.807) is 24.3 Å². The maximum Gasteiger partial charge on any atom is 0.416 e. The minimum atomic E-state index is -4.53. The highest BCUT2D eigenvalue weighted by Gasteiger charge is 2.30. The normalized spacial score (nSPS) is 11.2. The van der Waals surface area contributed by atoms with Crippen molar-refractivity contribution in [2.24, 2.45) is 0 Å². The number of rotatable bonds is 5. The van der Waals surface area contributed by atoms with E-state index < -0.39 is 23.6 Å². The summed E-state index contributed by atoms with van der Waals surface area (Å²) in [5.74, 6) is -1.15. The standard InChI is InChI=1S/C19H15ClF3N5O2/c1-11-17(18(30)25-15-4-2-3-12(9-15)19(21,22)23)26-27-28(11)10-16(29)24-14-7-5-13(20)6-8-14/h2-9H,10H2,1H3,(H,24,29)(H,25,30). The second-order valence-electron chi connectivity index (χ2n) is 6.27. The molecule has 1 heterocycles. The molecule has 0 saturated carbocycles. The van der Waals surface area contributed by atoms with E-state index in [1.807, 2.05) is 0 Å². The zero-order valence-corrected chi connectivity index (χ0v) is 16.3. The van der Waals surface area contributed by atoms with Crippen molar-refractivity contribution in [3.8, 4) is 0 Å². The van der Waals surface area contributed by atoms with Gasteiger partial charge in [-0.1, -0.05) is 22.9 Å². The van der Waals surface area contributed by atoms with Gasteiger partial charge in [-0.2, -0.15) is 13.2 Å². The van der Waals surface area contributed by atoms with Crippen LogP contribution in [0.15, 0.2) is 48.5 Å². The van der Waals surface area contributed by atoms with Gasteiger partial charge in [0.15, 0.2) is 5.69 Å². The van der Waals surface area contributed by atoms with Crippen LogP contribution in [0.1, 0.15) is 21.7 Å². The predicted octanol–water partition coefficient (Wildman–Crippen LogP) is 4.15. The van der Waals surface area contributed by atoms with E-state index in [0.29, 0.717) is 10.7 Å². The Bertz CT molecular complexity index is 1080. The number of nitrogens with zero attached hydrogens (tertiary/aromatic N) is 3. The molecule has 30 heavy (non-hydrogen) atoms. The zero-order valence-electron chi connectivity index (χ0n) is 15.5. The highest BCUT2D eigenvalue weighted by Crippen LogP contribution is 2.30. The molecule has 0 saturated heterocycles. The summed E-state index contributed by atoms with van der Waals surface area (Å²) in [6, 6.07) is 10.7. The molecule has 0 unspecified atom stereocenters. The third-order valence-electron chi connectivity index (χ3n) is 4.07. The molecule has 0 bridgehead atoms. The van der Waals surface area contributed by atoms with Gasteiger partial charge >= 0.3 is 6.18 Å². The lowest BCUT2D eigenvalue weighted by molar-refractivity contribution is -0.137. The van der Waals surface area contributed by atoms with E-state index in [-0.39, 0.29) is 23.6 Å². The highest BCUT2D eigenvalue weighted by atomic mass is 35.5. The van der Waals surface area contributed by atoms with Crippen LogP contribution < -0.4 is 10.6 Å². The smallest absolute Gasteiger partial charge is 0.324 e. The molecule has 2 amide bonds. The summed E-state index contributed by atoms with van der Waals surface area (Å²) >= 11 is 5.79. The number of nitrogens with one attached hydrogen (secondary N) is 2. The summed E-state index contributed by atoms with van der Waals surface area (Å²) in [6.45, 7) is 1.31. The number of hydrogen-bond acceptors (Lipinski definition) is 4. The molecule has 1 aromatic heterocycles. The molecule has 0 aliphatic rings. The second-order valence-corrected chi connectivity index (χ2v) is 6.71. The molecule has 156 valence electrons. The number of carbonyl (C=O) groups is 2. The lowest BCUT2D eigenvalue weighted by Crippen LogP contribution is -2.21. The van der Waals surface area contributed by atoms with Crippen LogP contribution in [0.5, 0.6) is 0 Å². The van der Waals surface area contributed by atoms with Crippen LogP contribution >= 0.6 is 11.6 Å². The van der Waals surface area contributed by atoms with Crippen LogP contribution in [0.2, 0.25) is 5.02 Å². The number of alkyl halides is 3. The third kappa shape index (κ3) is 5.15. The van der Waals surface area contributed by atoms with Gasteiger partial charge in [-0.05, 0) is 49.4 Å². The first-order chi connectivity index (χ1) is 14.1. The van der Waals surface area contributed by atoms with Crippen LogP contribution in [-0.2, 0) is 17.5 Å². The van der Waals surface area contributed by atoms with Gasteiger partial charge in [-0.3, -0.25) is 9.59 Å². The van der Waals surface area contributed by atoms with E-state index in [0.717, 1.165) is 12.1 Å². The molecule has 0 atom stereocenters. The molecule has 3 rings (SSSR count). The van der Waals surface area contributed by atoms with Crippen molar-refractivity contribution in [3.63, 3.8) is 0 Å². The lowest BCUT2D eigenvalue weighted by atomic mass is 10.2. The first kappa shape index (κ1) is 21.3. The number of benzene rings is 2. The summed E-state index contributed by atoms with van der Waals surface area (Å²) in [5, 5.41) is 13.0. The fraction of sp³-hybridized carbons (Fsp3) is 0.158. The van der Waals surface area contributed by atoms with Gasteiger partial charge in [0.1, 0.15) is 6.54 Å². The van der Waals surface area contributed by atoms with Gasteiger partial charge in [-0.25, -0.2) is 4.68 Å². The maximum absolute atomic E-state index is 12.8. The number of hydrogen-bond donors (Lipinski definition) is 2. The van der Waals surface area contributed by atoms with Gasteiger partial charge in [0.05, 0.1) is 11.3 Å². The van der Waals surface area contributed by atoms with Gasteiger partial charge < -0.3 is 10.6 Å². The minimum Gasteiger partial charge on any atom is -0.324 e. The van der Waals surface area contributed by atoms with Crippen molar-refractivity contribution in [1.29, 1.82) is 0 Å². The largest absolute Gasteiger partial charge is 0.416 e. The molecular weight excluding hydrogens is 423 g/mol. The summed E-state index contributed by atoms with van der Waals surface area (Å²) < 4.78 is 39.6. The summed E-state index contributed by atoms with van der Waals surface area (Å²) in [5.41, 5.74) is -0.217. The van der Waals surface area contributed by atoms with Gasteiger partial charge in [0, 0.05) is 16.4 Å². The Kier molecular flexibility index (Phi) is 6.06. The summed E-state index contributed by atoms with van der Waals surface area (Å²) in [4.78, 5) is 24.6. The molecule has 2 N–H and O–H groups in total. The highest BCUT2D eigenvalue weighted by molar-refractivity contribution is 6.30. The van der Waals surface area contributed by atoms with E-state index in [2.05, 4.69) is 20.9 Å². The molecule has 0 aliphatic heterocycles. The Balaban J connectivity index is 1.68. The molecule has 0 spiro atoms. The lowest BCUT2D eigenvalue weighted by Gasteiger charge is -2.09. The molecule has 11 heteroatoms. The van der Waals surface area contributed by atoms with Gasteiger partial charge in [0.25, 0.3) is 5.91 Å². The monoisotopic (exact) mass is 437 g/mol. The number of aromatic nitrogens is 3. The molecule has 0 radical (unpaired) electrons. The van der Waals surface area contributed by atoms with Crippen molar-refractivity contribution in [2.45, 2.75) is 19.6 Å². The fourth-order valence-electron chi connectivity index (χ4n) is 2.55. The SMILES string of the molecule is Cc1c(C(=O)Nc2cccc(C(F)(F)F)c2)nnn1CC(=O)Nc1ccc(Cl)cc1. The average Bonchev–Trinajstić information content (AvgIpc) is 3.03. The molecule has 7 nitrogen and oxygen atoms in total. The minimum absolute atomic E-state index is 0.0377. The van der Waals surface area contributed by atoms with E-state index >= 15 is 0 Å². The van der Waals surface area contributed by atoms with E-state index in [9.17, 15) is 22.8 Å². The van der Waals surface area contributed by atoms with Crippen LogP contribution in [0, 0.1) is 6.92 Å². The Morgan fingerprint density at radius 1 is 1.07 bits per heavy atom. The third-order valence-corrected chi connectivity index (χ3v) is 4.32.